The van der Waals surface area contributed by atoms with Gasteiger partial charge in [-0.05, 0) is 19.4 Å². The number of amides is 1. The molecule has 2 rings (SSSR count). The van der Waals surface area contributed by atoms with Crippen molar-refractivity contribution >= 4 is 39.2 Å². The molecule has 2 aromatic heterocycles. The molecule has 1 N–H and O–H groups in total. The third-order valence-corrected chi connectivity index (χ3v) is 5.00. The summed E-state index contributed by atoms with van der Waals surface area (Å²) in [7, 11) is 1.61. The van der Waals surface area contributed by atoms with Crippen LogP contribution in [0, 0.1) is 13.8 Å². The Kier molecular flexibility index (Phi) is 5.33. The van der Waals surface area contributed by atoms with Crippen LogP contribution in [0.5, 0.6) is 0 Å². The number of carbonyl (C=O) groups excluding carboxylic acids is 1. The van der Waals surface area contributed by atoms with Crippen molar-refractivity contribution < 1.29 is 9.53 Å². The van der Waals surface area contributed by atoms with Gasteiger partial charge in [0.05, 0.1) is 12.4 Å². The number of rotatable bonds is 6. The minimum Gasteiger partial charge on any atom is -0.383 e. The van der Waals surface area contributed by atoms with Gasteiger partial charge in [-0.15, -0.1) is 11.3 Å². The summed E-state index contributed by atoms with van der Waals surface area (Å²) in [5.41, 5.74) is 1.20. The van der Waals surface area contributed by atoms with Crippen molar-refractivity contribution in [2.45, 2.75) is 18.9 Å². The van der Waals surface area contributed by atoms with Crippen LogP contribution in [-0.4, -0.2) is 41.9 Å². The van der Waals surface area contributed by atoms with Gasteiger partial charge in [-0.2, -0.15) is 0 Å². The Labute approximate surface area is 126 Å². The number of thioether (sulfide) groups is 1. The van der Waals surface area contributed by atoms with Crippen LogP contribution in [-0.2, 0) is 9.53 Å². The van der Waals surface area contributed by atoms with E-state index >= 15 is 0 Å². The van der Waals surface area contributed by atoms with E-state index in [1.807, 2.05) is 0 Å². The molecule has 0 aliphatic rings. The maximum Gasteiger partial charge on any atom is 0.230 e. The molecule has 0 fully saturated rings. The first-order valence-electron chi connectivity index (χ1n) is 6.22. The summed E-state index contributed by atoms with van der Waals surface area (Å²) in [6.07, 6.45) is 1.56. The maximum atomic E-state index is 11.7. The van der Waals surface area contributed by atoms with Gasteiger partial charge < -0.3 is 10.1 Å². The first-order chi connectivity index (χ1) is 9.63. The first kappa shape index (κ1) is 15.2. The molecule has 0 aliphatic carbocycles. The minimum atomic E-state index is -0.0107. The number of nitrogens with one attached hydrogen (secondary N) is 1. The molecule has 0 aromatic carbocycles. The highest BCUT2D eigenvalue weighted by Gasteiger charge is 2.13. The molecule has 20 heavy (non-hydrogen) atoms. The lowest BCUT2D eigenvalue weighted by molar-refractivity contribution is -0.118. The second-order valence-electron chi connectivity index (χ2n) is 4.27. The van der Waals surface area contributed by atoms with Crippen molar-refractivity contribution in [3.63, 3.8) is 0 Å². The number of carbonyl (C=O) groups is 1. The summed E-state index contributed by atoms with van der Waals surface area (Å²) in [5, 5.41) is 4.74. The molecule has 0 spiro atoms. The topological polar surface area (TPSA) is 64.1 Å². The number of hydrogen-bond acceptors (Lipinski definition) is 6. The third kappa shape index (κ3) is 3.47. The fraction of sp³-hybridized carbons (Fsp3) is 0.462. The number of ether oxygens (including phenoxy) is 1. The van der Waals surface area contributed by atoms with Crippen LogP contribution >= 0.6 is 23.1 Å². The summed E-state index contributed by atoms with van der Waals surface area (Å²) >= 11 is 3.11. The molecule has 0 saturated heterocycles. The van der Waals surface area contributed by atoms with E-state index in [9.17, 15) is 4.79 Å². The quantitative estimate of drug-likeness (QED) is 0.503. The Morgan fingerprint density at radius 3 is 3.00 bits per heavy atom. The molecule has 0 atom stereocenters. The zero-order valence-corrected chi connectivity index (χ0v) is 13.4. The molecule has 5 nitrogen and oxygen atoms in total. The Balaban J connectivity index is 2.05. The monoisotopic (exact) mass is 311 g/mol. The van der Waals surface area contributed by atoms with Crippen molar-refractivity contribution in [3.8, 4) is 0 Å². The van der Waals surface area contributed by atoms with Gasteiger partial charge in [-0.1, -0.05) is 11.8 Å². The molecule has 1 amide bonds. The molecule has 2 aromatic rings. The van der Waals surface area contributed by atoms with E-state index < -0.39 is 0 Å². The summed E-state index contributed by atoms with van der Waals surface area (Å²) in [6, 6.07) is 0. The Morgan fingerprint density at radius 1 is 1.45 bits per heavy atom. The SMILES string of the molecule is COCCNC(=O)CSc1ncnc2sc(C)c(C)c12. The van der Waals surface area contributed by atoms with Crippen molar-refractivity contribution in [1.29, 1.82) is 0 Å². The molecule has 0 radical (unpaired) electrons. The van der Waals surface area contributed by atoms with Crippen LogP contribution in [0.4, 0.5) is 0 Å². The zero-order valence-electron chi connectivity index (χ0n) is 11.7. The first-order valence-corrected chi connectivity index (χ1v) is 8.02. The van der Waals surface area contributed by atoms with Gasteiger partial charge in [-0.25, -0.2) is 9.97 Å². The van der Waals surface area contributed by atoms with Gasteiger partial charge >= 0.3 is 0 Å². The standard InChI is InChI=1S/C13H17N3O2S2/c1-8-9(2)20-13-11(8)12(15-7-16-13)19-6-10(17)14-4-5-18-3/h7H,4-6H2,1-3H3,(H,14,17). The highest BCUT2D eigenvalue weighted by atomic mass is 32.2. The van der Waals surface area contributed by atoms with Crippen LogP contribution in [0.15, 0.2) is 11.4 Å². The molecular weight excluding hydrogens is 294 g/mol. The minimum absolute atomic E-state index is 0.0107. The number of fused-ring (bicyclic) bond motifs is 1. The van der Waals surface area contributed by atoms with Crippen LogP contribution in [0.3, 0.4) is 0 Å². The molecule has 0 unspecified atom stereocenters. The molecular formula is C13H17N3O2S2. The van der Waals surface area contributed by atoms with Crippen LogP contribution in [0.25, 0.3) is 10.2 Å². The average molecular weight is 311 g/mol. The van der Waals surface area contributed by atoms with E-state index in [0.29, 0.717) is 18.9 Å². The highest BCUT2D eigenvalue weighted by Crippen LogP contribution is 2.34. The average Bonchev–Trinajstić information content (AvgIpc) is 2.73. The predicted molar refractivity (Wildman–Crippen MR) is 82.5 cm³/mol. The third-order valence-electron chi connectivity index (χ3n) is 2.90. The van der Waals surface area contributed by atoms with Crippen LogP contribution in [0.1, 0.15) is 10.4 Å². The highest BCUT2D eigenvalue weighted by molar-refractivity contribution is 8.00. The van der Waals surface area contributed by atoms with Gasteiger partial charge in [0.1, 0.15) is 16.2 Å². The number of aryl methyl sites for hydroxylation is 2. The fourth-order valence-electron chi connectivity index (χ4n) is 1.74. The maximum absolute atomic E-state index is 11.7. The van der Waals surface area contributed by atoms with Crippen LogP contribution < -0.4 is 5.32 Å². The number of methoxy groups -OCH3 is 1. The van der Waals surface area contributed by atoms with Crippen LogP contribution in [0.2, 0.25) is 0 Å². The fourth-order valence-corrected chi connectivity index (χ4v) is 3.68. The number of thiophene rings is 1. The summed E-state index contributed by atoms with van der Waals surface area (Å²) in [6.45, 7) is 5.20. The molecule has 0 saturated carbocycles. The largest absolute Gasteiger partial charge is 0.383 e. The van der Waals surface area contributed by atoms with Gasteiger partial charge in [-0.3, -0.25) is 4.79 Å². The van der Waals surface area contributed by atoms with Gasteiger partial charge in [0.2, 0.25) is 5.91 Å². The molecule has 0 aliphatic heterocycles. The van der Waals surface area contributed by atoms with Crippen molar-refractivity contribution in [3.05, 3.63) is 16.8 Å². The van der Waals surface area contributed by atoms with E-state index in [4.69, 9.17) is 4.74 Å². The van der Waals surface area contributed by atoms with Gasteiger partial charge in [0.15, 0.2) is 0 Å². The van der Waals surface area contributed by atoms with E-state index in [-0.39, 0.29) is 5.91 Å². The molecule has 0 bridgehead atoms. The molecule has 2 heterocycles. The Hall–Kier alpha value is -1.18. The normalized spacial score (nSPS) is 10.9. The zero-order chi connectivity index (χ0) is 14.5. The Bertz CT molecular complexity index is 613. The summed E-state index contributed by atoms with van der Waals surface area (Å²) in [5.74, 6) is 0.341. The van der Waals surface area contributed by atoms with E-state index in [0.717, 1.165) is 15.2 Å². The number of hydrogen-bond donors (Lipinski definition) is 1. The lowest BCUT2D eigenvalue weighted by Crippen LogP contribution is -2.28. The van der Waals surface area contributed by atoms with Gasteiger partial charge in [0, 0.05) is 23.9 Å². The van der Waals surface area contributed by atoms with Crippen molar-refractivity contribution in [2.75, 3.05) is 26.0 Å². The molecule has 7 heteroatoms. The smallest absolute Gasteiger partial charge is 0.230 e. The summed E-state index contributed by atoms with van der Waals surface area (Å²) < 4.78 is 4.89. The van der Waals surface area contributed by atoms with Crippen molar-refractivity contribution in [1.82, 2.24) is 15.3 Å². The van der Waals surface area contributed by atoms with E-state index in [1.54, 1.807) is 24.8 Å². The van der Waals surface area contributed by atoms with E-state index in [2.05, 4.69) is 29.1 Å². The van der Waals surface area contributed by atoms with Crippen molar-refractivity contribution in [2.24, 2.45) is 0 Å². The predicted octanol–water partition coefficient (Wildman–Crippen LogP) is 2.16. The lowest BCUT2D eigenvalue weighted by atomic mass is 10.2. The lowest BCUT2D eigenvalue weighted by Gasteiger charge is -2.05. The summed E-state index contributed by atoms with van der Waals surface area (Å²) in [4.78, 5) is 22.5. The second kappa shape index (κ2) is 7.01. The number of nitrogens with zero attached hydrogens (tertiary/aromatic N) is 2. The number of aromatic nitrogens is 2. The second-order valence-corrected chi connectivity index (χ2v) is 6.44. The van der Waals surface area contributed by atoms with Gasteiger partial charge in [0.25, 0.3) is 0 Å². The Morgan fingerprint density at radius 2 is 2.25 bits per heavy atom. The van der Waals surface area contributed by atoms with E-state index in [1.165, 1.54) is 22.2 Å². The molecule has 108 valence electrons.